The summed E-state index contributed by atoms with van der Waals surface area (Å²) in [5, 5.41) is 21.5. The summed E-state index contributed by atoms with van der Waals surface area (Å²) in [6.07, 6.45) is -0.955. The van der Waals surface area contributed by atoms with Gasteiger partial charge in [-0.25, -0.2) is 0 Å². The highest BCUT2D eigenvalue weighted by Gasteiger charge is 2.09. The van der Waals surface area contributed by atoms with E-state index in [0.29, 0.717) is 0 Å². The number of H-pyrrole nitrogens is 1. The fourth-order valence-electron chi connectivity index (χ4n) is 2.45. The van der Waals surface area contributed by atoms with Crippen LogP contribution in [0.3, 0.4) is 0 Å². The van der Waals surface area contributed by atoms with Gasteiger partial charge < -0.3 is 15.2 Å². The van der Waals surface area contributed by atoms with Crippen LogP contribution in [0.1, 0.15) is 37.2 Å². The van der Waals surface area contributed by atoms with Gasteiger partial charge in [-0.2, -0.15) is 0 Å². The summed E-state index contributed by atoms with van der Waals surface area (Å²) in [7, 11) is 0. The van der Waals surface area contributed by atoms with E-state index in [9.17, 15) is 10.2 Å². The normalized spacial score (nSPS) is 14.9. The Morgan fingerprint density at radius 3 is 1.58 bits per heavy atom. The molecule has 3 rings (SSSR count). The largest absolute Gasteiger partial charge is 0.389 e. The van der Waals surface area contributed by atoms with Crippen molar-refractivity contribution in [2.45, 2.75) is 26.1 Å². The molecule has 0 saturated carbocycles. The summed E-state index contributed by atoms with van der Waals surface area (Å²) in [5.74, 6) is 0. The van der Waals surface area contributed by atoms with Gasteiger partial charge in [-0.1, -0.05) is 12.1 Å². The highest BCUT2D eigenvalue weighted by atomic mass is 16.3. The summed E-state index contributed by atoms with van der Waals surface area (Å²) in [4.78, 5) is 3.35. The molecule has 2 aromatic carbocycles. The lowest BCUT2D eigenvalue weighted by atomic mass is 10.0. The second-order valence-corrected chi connectivity index (χ2v) is 5.09. The Bertz CT molecular complexity index is 679. The molecule has 19 heavy (non-hydrogen) atoms. The zero-order valence-electron chi connectivity index (χ0n) is 11.0. The van der Waals surface area contributed by atoms with Crippen LogP contribution in [-0.2, 0) is 0 Å². The van der Waals surface area contributed by atoms with Gasteiger partial charge in [0.15, 0.2) is 0 Å². The SMILES string of the molecule is C[C@@H](O)c1ccc2[nH]c3ccc([C@@H](C)O)cc3c2c1. The van der Waals surface area contributed by atoms with Crippen LogP contribution in [0, 0.1) is 0 Å². The predicted octanol–water partition coefficient (Wildman–Crippen LogP) is 3.43. The molecule has 1 aromatic heterocycles. The molecule has 0 amide bonds. The average Bonchev–Trinajstić information content (AvgIpc) is 2.75. The summed E-state index contributed by atoms with van der Waals surface area (Å²) in [6, 6.07) is 11.8. The van der Waals surface area contributed by atoms with Crippen molar-refractivity contribution in [2.24, 2.45) is 0 Å². The van der Waals surface area contributed by atoms with Gasteiger partial charge in [-0.15, -0.1) is 0 Å². The minimum atomic E-state index is -0.478. The fourth-order valence-corrected chi connectivity index (χ4v) is 2.45. The Balaban J connectivity index is 2.31. The van der Waals surface area contributed by atoms with Crippen LogP contribution < -0.4 is 0 Å². The van der Waals surface area contributed by atoms with Gasteiger partial charge in [0.05, 0.1) is 12.2 Å². The number of aromatic amines is 1. The van der Waals surface area contributed by atoms with E-state index in [2.05, 4.69) is 4.98 Å². The van der Waals surface area contributed by atoms with Gasteiger partial charge in [0.25, 0.3) is 0 Å². The molecule has 0 bridgehead atoms. The Labute approximate surface area is 111 Å². The van der Waals surface area contributed by atoms with Gasteiger partial charge in [-0.05, 0) is 49.2 Å². The topological polar surface area (TPSA) is 56.2 Å². The van der Waals surface area contributed by atoms with Crippen LogP contribution in [0.5, 0.6) is 0 Å². The van der Waals surface area contributed by atoms with Crippen molar-refractivity contribution in [3.63, 3.8) is 0 Å². The Hall–Kier alpha value is -1.84. The van der Waals surface area contributed by atoms with Crippen molar-refractivity contribution in [1.29, 1.82) is 0 Å². The molecule has 0 aliphatic carbocycles. The van der Waals surface area contributed by atoms with Crippen LogP contribution >= 0.6 is 0 Å². The van der Waals surface area contributed by atoms with E-state index < -0.39 is 12.2 Å². The van der Waals surface area contributed by atoms with Crippen molar-refractivity contribution in [3.8, 4) is 0 Å². The standard InChI is InChI=1S/C16H17NO2/c1-9(18)11-3-5-15-13(7-11)14-8-12(10(2)19)4-6-16(14)17-15/h3-10,17-19H,1-2H3/t9-,10-/m1/s1. The Morgan fingerprint density at radius 2 is 1.21 bits per heavy atom. The maximum atomic E-state index is 9.69. The number of aromatic nitrogens is 1. The van der Waals surface area contributed by atoms with Crippen LogP contribution in [0.25, 0.3) is 21.8 Å². The molecule has 0 aliphatic rings. The third kappa shape index (κ3) is 2.01. The molecule has 0 unspecified atom stereocenters. The molecule has 0 spiro atoms. The molecule has 3 aromatic rings. The maximum absolute atomic E-state index is 9.69. The number of benzene rings is 2. The van der Waals surface area contributed by atoms with Gasteiger partial charge in [0.2, 0.25) is 0 Å². The van der Waals surface area contributed by atoms with Crippen molar-refractivity contribution >= 4 is 21.8 Å². The smallest absolute Gasteiger partial charge is 0.0762 e. The maximum Gasteiger partial charge on any atom is 0.0762 e. The van der Waals surface area contributed by atoms with E-state index in [1.165, 1.54) is 0 Å². The number of aliphatic hydroxyl groups excluding tert-OH is 2. The molecule has 0 fully saturated rings. The summed E-state index contributed by atoms with van der Waals surface area (Å²) < 4.78 is 0. The van der Waals surface area contributed by atoms with E-state index in [1.807, 2.05) is 36.4 Å². The molecular weight excluding hydrogens is 238 g/mol. The molecule has 98 valence electrons. The zero-order chi connectivity index (χ0) is 13.6. The highest BCUT2D eigenvalue weighted by Crippen LogP contribution is 2.30. The first kappa shape index (κ1) is 12.2. The minimum absolute atomic E-state index is 0.478. The van der Waals surface area contributed by atoms with Gasteiger partial charge >= 0.3 is 0 Å². The minimum Gasteiger partial charge on any atom is -0.389 e. The van der Waals surface area contributed by atoms with Crippen LogP contribution in [0.15, 0.2) is 36.4 Å². The average molecular weight is 255 g/mol. The van der Waals surface area contributed by atoms with E-state index in [1.54, 1.807) is 13.8 Å². The number of hydrogen-bond acceptors (Lipinski definition) is 2. The van der Waals surface area contributed by atoms with Gasteiger partial charge in [0, 0.05) is 21.8 Å². The Morgan fingerprint density at radius 1 is 0.789 bits per heavy atom. The van der Waals surface area contributed by atoms with E-state index in [4.69, 9.17) is 0 Å². The molecule has 0 radical (unpaired) electrons. The van der Waals surface area contributed by atoms with E-state index in [0.717, 1.165) is 32.9 Å². The molecule has 2 atom stereocenters. The second-order valence-electron chi connectivity index (χ2n) is 5.09. The summed E-state index contributed by atoms with van der Waals surface area (Å²) >= 11 is 0. The lowest BCUT2D eigenvalue weighted by Gasteiger charge is -2.05. The second kappa shape index (κ2) is 4.37. The first-order chi connectivity index (χ1) is 9.06. The highest BCUT2D eigenvalue weighted by molar-refractivity contribution is 6.07. The van der Waals surface area contributed by atoms with Crippen molar-refractivity contribution in [2.75, 3.05) is 0 Å². The Kier molecular flexibility index (Phi) is 2.81. The fraction of sp³-hybridized carbons (Fsp3) is 0.250. The number of hydrogen-bond donors (Lipinski definition) is 3. The monoisotopic (exact) mass is 255 g/mol. The quantitative estimate of drug-likeness (QED) is 0.657. The van der Waals surface area contributed by atoms with Crippen LogP contribution in [-0.4, -0.2) is 15.2 Å². The first-order valence-electron chi connectivity index (χ1n) is 6.47. The van der Waals surface area contributed by atoms with Crippen molar-refractivity contribution < 1.29 is 10.2 Å². The number of aliphatic hydroxyl groups is 2. The van der Waals surface area contributed by atoms with E-state index in [-0.39, 0.29) is 0 Å². The number of fused-ring (bicyclic) bond motifs is 3. The van der Waals surface area contributed by atoms with Gasteiger partial charge in [0.1, 0.15) is 0 Å². The number of rotatable bonds is 2. The van der Waals surface area contributed by atoms with E-state index >= 15 is 0 Å². The van der Waals surface area contributed by atoms with Gasteiger partial charge in [-0.3, -0.25) is 0 Å². The molecule has 0 aliphatic heterocycles. The van der Waals surface area contributed by atoms with Crippen LogP contribution in [0.2, 0.25) is 0 Å². The molecule has 1 heterocycles. The molecule has 3 heteroatoms. The molecular formula is C16H17NO2. The summed E-state index contributed by atoms with van der Waals surface area (Å²) in [5.41, 5.74) is 3.89. The third-order valence-electron chi connectivity index (χ3n) is 3.61. The first-order valence-corrected chi connectivity index (χ1v) is 6.47. The molecule has 0 saturated heterocycles. The lowest BCUT2D eigenvalue weighted by molar-refractivity contribution is 0.199. The number of nitrogens with one attached hydrogen (secondary N) is 1. The molecule has 3 N–H and O–H groups in total. The lowest BCUT2D eigenvalue weighted by Crippen LogP contribution is -1.90. The van der Waals surface area contributed by atoms with Crippen molar-refractivity contribution in [1.82, 2.24) is 4.98 Å². The summed E-state index contributed by atoms with van der Waals surface area (Å²) in [6.45, 7) is 3.52. The van der Waals surface area contributed by atoms with Crippen molar-refractivity contribution in [3.05, 3.63) is 47.5 Å². The predicted molar refractivity (Wildman–Crippen MR) is 77.1 cm³/mol. The third-order valence-corrected chi connectivity index (χ3v) is 3.61. The molecule has 3 nitrogen and oxygen atoms in total. The van der Waals surface area contributed by atoms with Crippen LogP contribution in [0.4, 0.5) is 0 Å². The zero-order valence-corrected chi connectivity index (χ0v) is 11.0.